The Hall–Kier alpha value is -1.56. The molecule has 1 unspecified atom stereocenters. The summed E-state index contributed by atoms with van der Waals surface area (Å²) >= 11 is 0. The van der Waals surface area contributed by atoms with Crippen molar-refractivity contribution in [1.29, 1.82) is 0 Å². The predicted molar refractivity (Wildman–Crippen MR) is 124 cm³/mol. The van der Waals surface area contributed by atoms with Crippen molar-refractivity contribution in [1.82, 2.24) is 20.5 Å². The highest BCUT2D eigenvalue weighted by atomic mass is 16.4. The molecule has 0 bridgehead atoms. The van der Waals surface area contributed by atoms with Gasteiger partial charge in [-0.3, -0.25) is 9.89 Å². The highest BCUT2D eigenvalue weighted by molar-refractivity contribution is 5.79. The fourth-order valence-electron chi connectivity index (χ4n) is 4.85. The normalized spacial score (nSPS) is 21.0. The van der Waals surface area contributed by atoms with E-state index in [4.69, 9.17) is 4.42 Å². The average molecular weight is 418 g/mol. The molecular formula is C24H43N5O. The first kappa shape index (κ1) is 23.1. The molecule has 1 aromatic heterocycles. The molecule has 1 saturated heterocycles. The Labute approximate surface area is 183 Å². The van der Waals surface area contributed by atoms with E-state index in [9.17, 15) is 0 Å². The Kier molecular flexibility index (Phi) is 9.04. The predicted octanol–water partition coefficient (Wildman–Crippen LogP) is 4.42. The van der Waals surface area contributed by atoms with Gasteiger partial charge in [0.1, 0.15) is 5.76 Å². The summed E-state index contributed by atoms with van der Waals surface area (Å²) < 4.78 is 5.74. The van der Waals surface area contributed by atoms with Crippen LogP contribution in [0.25, 0.3) is 0 Å². The number of aromatic nitrogens is 1. The second-order valence-corrected chi connectivity index (χ2v) is 9.55. The molecule has 1 atom stereocenters. The van der Waals surface area contributed by atoms with Crippen LogP contribution in [0.1, 0.15) is 82.1 Å². The highest BCUT2D eigenvalue weighted by Crippen LogP contribution is 2.27. The lowest BCUT2D eigenvalue weighted by molar-refractivity contribution is 0.164. The highest BCUT2D eigenvalue weighted by Gasteiger charge is 2.21. The number of hydrogen-bond donors (Lipinski definition) is 2. The first-order valence-electron chi connectivity index (χ1n) is 12.2. The molecule has 170 valence electrons. The summed E-state index contributed by atoms with van der Waals surface area (Å²) in [6, 6.07) is 0.479. The van der Waals surface area contributed by atoms with Crippen molar-refractivity contribution in [2.75, 3.05) is 26.7 Å². The number of likely N-dealkylation sites (tertiary alicyclic amines) is 1. The molecular weight excluding hydrogens is 374 g/mol. The summed E-state index contributed by atoms with van der Waals surface area (Å²) in [6.07, 6.45) is 12.2. The molecule has 0 spiro atoms. The van der Waals surface area contributed by atoms with Gasteiger partial charge in [-0.1, -0.05) is 32.1 Å². The Bertz CT molecular complexity index is 637. The van der Waals surface area contributed by atoms with Crippen molar-refractivity contribution in [3.63, 3.8) is 0 Å². The van der Waals surface area contributed by atoms with Gasteiger partial charge in [0.2, 0.25) is 5.89 Å². The van der Waals surface area contributed by atoms with Crippen molar-refractivity contribution in [2.24, 2.45) is 16.8 Å². The van der Waals surface area contributed by atoms with Crippen LogP contribution in [0.2, 0.25) is 0 Å². The second-order valence-electron chi connectivity index (χ2n) is 9.55. The minimum absolute atomic E-state index is 0.479. The summed E-state index contributed by atoms with van der Waals surface area (Å²) in [4.78, 5) is 11.4. The van der Waals surface area contributed by atoms with E-state index in [0.717, 1.165) is 55.4 Å². The Balaban J connectivity index is 1.31. The van der Waals surface area contributed by atoms with Crippen LogP contribution in [0.3, 0.4) is 0 Å². The van der Waals surface area contributed by atoms with E-state index >= 15 is 0 Å². The molecule has 2 fully saturated rings. The summed E-state index contributed by atoms with van der Waals surface area (Å²) in [5.41, 5.74) is 1.01. The van der Waals surface area contributed by atoms with Gasteiger partial charge in [0.05, 0.1) is 12.2 Å². The van der Waals surface area contributed by atoms with Gasteiger partial charge < -0.3 is 15.1 Å². The van der Waals surface area contributed by atoms with Crippen LogP contribution in [-0.4, -0.2) is 48.6 Å². The number of aryl methyl sites for hydroxylation is 2. The van der Waals surface area contributed by atoms with E-state index in [-0.39, 0.29) is 0 Å². The summed E-state index contributed by atoms with van der Waals surface area (Å²) in [7, 11) is 1.88. The van der Waals surface area contributed by atoms with E-state index in [1.807, 2.05) is 20.9 Å². The summed E-state index contributed by atoms with van der Waals surface area (Å²) in [5, 5.41) is 7.18. The lowest BCUT2D eigenvalue weighted by atomic mass is 9.85. The summed E-state index contributed by atoms with van der Waals surface area (Å²) in [6.45, 7) is 10.3. The number of nitrogens with zero attached hydrogens (tertiary/aromatic N) is 3. The summed E-state index contributed by atoms with van der Waals surface area (Å²) in [5.74, 6) is 4.40. The zero-order valence-electron chi connectivity index (χ0n) is 19.7. The minimum Gasteiger partial charge on any atom is -0.444 e. The van der Waals surface area contributed by atoms with Crippen LogP contribution in [-0.2, 0) is 6.54 Å². The monoisotopic (exact) mass is 417 g/mol. The van der Waals surface area contributed by atoms with Gasteiger partial charge in [0.25, 0.3) is 0 Å². The lowest BCUT2D eigenvalue weighted by Crippen LogP contribution is -2.45. The molecule has 0 aromatic carbocycles. The Morgan fingerprint density at radius 2 is 1.87 bits per heavy atom. The van der Waals surface area contributed by atoms with Crippen LogP contribution in [0.5, 0.6) is 0 Å². The maximum atomic E-state index is 5.74. The van der Waals surface area contributed by atoms with Gasteiger partial charge in [-0.15, -0.1) is 0 Å². The van der Waals surface area contributed by atoms with Crippen molar-refractivity contribution >= 4 is 5.96 Å². The van der Waals surface area contributed by atoms with Crippen molar-refractivity contribution in [3.8, 4) is 0 Å². The number of rotatable bonds is 8. The van der Waals surface area contributed by atoms with Crippen LogP contribution in [0.15, 0.2) is 9.41 Å². The number of aliphatic imine (C=N–C) groups is 1. The maximum Gasteiger partial charge on any atom is 0.208 e. The van der Waals surface area contributed by atoms with Gasteiger partial charge >= 0.3 is 0 Å². The molecule has 1 aliphatic carbocycles. The molecule has 2 aliphatic rings. The quantitative estimate of drug-likeness (QED) is 0.484. The number of guanidine groups is 1. The first-order valence-corrected chi connectivity index (χ1v) is 12.2. The zero-order chi connectivity index (χ0) is 21.3. The van der Waals surface area contributed by atoms with Gasteiger partial charge in [-0.25, -0.2) is 4.98 Å². The topological polar surface area (TPSA) is 65.7 Å². The fourth-order valence-corrected chi connectivity index (χ4v) is 4.85. The van der Waals surface area contributed by atoms with Gasteiger partial charge in [-0.2, -0.15) is 0 Å². The van der Waals surface area contributed by atoms with E-state index < -0.39 is 0 Å². The van der Waals surface area contributed by atoms with Crippen LogP contribution < -0.4 is 10.6 Å². The third-order valence-electron chi connectivity index (χ3n) is 7.04. The van der Waals surface area contributed by atoms with E-state index in [1.165, 1.54) is 57.8 Å². The molecule has 6 nitrogen and oxygen atoms in total. The number of oxazole rings is 1. The van der Waals surface area contributed by atoms with Gasteiger partial charge in [0.15, 0.2) is 5.96 Å². The molecule has 3 rings (SSSR count). The zero-order valence-corrected chi connectivity index (χ0v) is 19.7. The van der Waals surface area contributed by atoms with Crippen LogP contribution >= 0.6 is 0 Å². The molecule has 6 heteroatoms. The van der Waals surface area contributed by atoms with E-state index in [1.54, 1.807) is 0 Å². The number of piperidine rings is 1. The molecule has 0 amide bonds. The molecule has 0 radical (unpaired) electrons. The third-order valence-corrected chi connectivity index (χ3v) is 7.04. The standard InChI is InChI=1S/C24H43N5O/c1-18(10-11-21-8-6-5-7-9-21)27-24(25-4)26-16-22-12-14-29(15-13-22)17-23-28-19(2)20(3)30-23/h18,21-22H,5-17H2,1-4H3,(H2,25,26,27). The smallest absolute Gasteiger partial charge is 0.208 e. The van der Waals surface area contributed by atoms with E-state index in [0.29, 0.717) is 12.0 Å². The minimum atomic E-state index is 0.479. The number of nitrogens with one attached hydrogen (secondary N) is 2. The molecule has 1 saturated carbocycles. The maximum absolute atomic E-state index is 5.74. The SMILES string of the molecule is CN=C(NCC1CCN(Cc2nc(C)c(C)o2)CC1)NC(C)CCC1CCCCC1. The van der Waals surface area contributed by atoms with Crippen molar-refractivity contribution < 1.29 is 4.42 Å². The molecule has 1 aromatic rings. The molecule has 30 heavy (non-hydrogen) atoms. The van der Waals surface area contributed by atoms with Gasteiger partial charge in [0, 0.05) is 19.6 Å². The first-order chi connectivity index (χ1) is 14.5. The lowest BCUT2D eigenvalue weighted by Gasteiger charge is -2.31. The second kappa shape index (κ2) is 11.7. The Morgan fingerprint density at radius 3 is 2.50 bits per heavy atom. The van der Waals surface area contributed by atoms with Gasteiger partial charge in [-0.05, 0) is 71.4 Å². The van der Waals surface area contributed by atoms with Crippen LogP contribution in [0.4, 0.5) is 0 Å². The Morgan fingerprint density at radius 1 is 1.13 bits per heavy atom. The van der Waals surface area contributed by atoms with Crippen molar-refractivity contribution in [3.05, 3.63) is 17.3 Å². The average Bonchev–Trinajstić information content (AvgIpc) is 3.08. The third kappa shape index (κ3) is 7.29. The number of hydrogen-bond acceptors (Lipinski definition) is 4. The largest absolute Gasteiger partial charge is 0.444 e. The molecule has 2 heterocycles. The van der Waals surface area contributed by atoms with Crippen LogP contribution in [0, 0.1) is 25.7 Å². The van der Waals surface area contributed by atoms with Crippen molar-refractivity contribution in [2.45, 2.75) is 91.1 Å². The fraction of sp³-hybridized carbons (Fsp3) is 0.833. The van der Waals surface area contributed by atoms with E-state index in [2.05, 4.69) is 32.4 Å². The molecule has 1 aliphatic heterocycles. The molecule has 2 N–H and O–H groups in total.